The number of hydrogen-bond acceptors (Lipinski definition) is 4. The minimum absolute atomic E-state index is 0.360. The number of imidazole rings is 1. The Kier molecular flexibility index (Phi) is 1.95. The van der Waals surface area contributed by atoms with E-state index in [4.69, 9.17) is 5.26 Å². The molecule has 0 atom stereocenters. The fraction of sp³-hybridized carbons (Fsp3) is 0. The normalized spacial score (nSPS) is 10.4. The zero-order chi connectivity index (χ0) is 11.0. The van der Waals surface area contributed by atoms with Crippen LogP contribution in [0.25, 0.3) is 16.2 Å². The zero-order valence-electron chi connectivity index (χ0n) is 8.16. The van der Waals surface area contributed by atoms with Crippen LogP contribution in [0.4, 0.5) is 0 Å². The number of nitrogens with zero attached hydrogens (tertiary/aromatic N) is 4. The van der Waals surface area contributed by atoms with Crippen molar-refractivity contribution in [1.29, 1.82) is 5.26 Å². The number of thiophene rings is 1. The van der Waals surface area contributed by atoms with Crippen molar-refractivity contribution in [1.82, 2.24) is 14.4 Å². The van der Waals surface area contributed by atoms with E-state index in [0.717, 1.165) is 10.6 Å². The molecule has 3 heterocycles. The summed E-state index contributed by atoms with van der Waals surface area (Å²) in [5.41, 5.74) is 1.97. The van der Waals surface area contributed by atoms with Crippen LogP contribution >= 0.6 is 11.3 Å². The van der Waals surface area contributed by atoms with Crippen molar-refractivity contribution in [3.05, 3.63) is 41.8 Å². The Bertz CT molecular complexity index is 676. The summed E-state index contributed by atoms with van der Waals surface area (Å²) < 4.78 is 1.84. The third kappa shape index (κ3) is 1.21. The highest BCUT2D eigenvalue weighted by molar-refractivity contribution is 7.13. The molecule has 0 aliphatic rings. The highest BCUT2D eigenvalue weighted by Crippen LogP contribution is 2.25. The molecule has 0 aliphatic heterocycles. The second kappa shape index (κ2) is 3.43. The smallest absolute Gasteiger partial charge is 0.185 e. The molecule has 3 rings (SSSR count). The Labute approximate surface area is 95.4 Å². The molecule has 5 heteroatoms. The monoisotopic (exact) mass is 226 g/mol. The van der Waals surface area contributed by atoms with E-state index in [1.165, 1.54) is 0 Å². The van der Waals surface area contributed by atoms with Crippen molar-refractivity contribution in [3.63, 3.8) is 0 Å². The van der Waals surface area contributed by atoms with Gasteiger partial charge in [-0.15, -0.1) is 11.3 Å². The van der Waals surface area contributed by atoms with Gasteiger partial charge < -0.3 is 0 Å². The minimum Gasteiger partial charge on any atom is -0.281 e. The van der Waals surface area contributed by atoms with Crippen molar-refractivity contribution in [2.24, 2.45) is 0 Å². The van der Waals surface area contributed by atoms with Crippen LogP contribution in [0.5, 0.6) is 0 Å². The van der Waals surface area contributed by atoms with E-state index in [0.29, 0.717) is 11.3 Å². The summed E-state index contributed by atoms with van der Waals surface area (Å²) in [6.45, 7) is 0. The SMILES string of the molecule is N#Cc1ncn2c(-c3cccs3)ccnc12. The second-order valence-corrected chi connectivity index (χ2v) is 4.15. The summed E-state index contributed by atoms with van der Waals surface area (Å²) in [5.74, 6) is 0. The van der Waals surface area contributed by atoms with Gasteiger partial charge in [-0.05, 0) is 17.5 Å². The minimum atomic E-state index is 0.360. The van der Waals surface area contributed by atoms with Crippen LogP contribution in [0.15, 0.2) is 36.1 Å². The van der Waals surface area contributed by atoms with E-state index < -0.39 is 0 Å². The van der Waals surface area contributed by atoms with E-state index in [-0.39, 0.29) is 0 Å². The molecule has 16 heavy (non-hydrogen) atoms. The molecule has 0 spiro atoms. The number of aromatic nitrogens is 3. The highest BCUT2D eigenvalue weighted by atomic mass is 32.1. The summed E-state index contributed by atoms with van der Waals surface area (Å²) >= 11 is 1.65. The molecule has 76 valence electrons. The Hall–Kier alpha value is -2.19. The van der Waals surface area contributed by atoms with E-state index in [1.54, 1.807) is 23.9 Å². The lowest BCUT2D eigenvalue weighted by Gasteiger charge is -2.01. The summed E-state index contributed by atoms with van der Waals surface area (Å²) in [4.78, 5) is 9.33. The first-order chi connectivity index (χ1) is 7.90. The molecule has 0 N–H and O–H groups in total. The zero-order valence-corrected chi connectivity index (χ0v) is 8.98. The Morgan fingerprint density at radius 3 is 3.00 bits per heavy atom. The average molecular weight is 226 g/mol. The van der Waals surface area contributed by atoms with Crippen LogP contribution in [0.2, 0.25) is 0 Å². The fourth-order valence-corrected chi connectivity index (χ4v) is 2.35. The molecular formula is C11H6N4S. The van der Waals surface area contributed by atoms with Gasteiger partial charge in [0.1, 0.15) is 12.4 Å². The Morgan fingerprint density at radius 2 is 2.25 bits per heavy atom. The first-order valence-corrected chi connectivity index (χ1v) is 5.54. The highest BCUT2D eigenvalue weighted by Gasteiger charge is 2.09. The molecule has 0 saturated heterocycles. The first-order valence-electron chi connectivity index (χ1n) is 4.66. The largest absolute Gasteiger partial charge is 0.281 e. The van der Waals surface area contributed by atoms with Gasteiger partial charge in [0.05, 0.1) is 10.6 Å². The van der Waals surface area contributed by atoms with Crippen LogP contribution in [0.3, 0.4) is 0 Å². The maximum absolute atomic E-state index is 8.88. The van der Waals surface area contributed by atoms with Gasteiger partial charge in [-0.3, -0.25) is 4.40 Å². The number of nitriles is 1. The molecule has 3 aromatic rings. The third-order valence-electron chi connectivity index (χ3n) is 2.31. The standard InChI is InChI=1S/C11H6N4S/c12-6-8-11-13-4-3-9(15(11)7-14-8)10-2-1-5-16-10/h1-5,7H. The molecule has 0 aliphatic carbocycles. The lowest BCUT2D eigenvalue weighted by atomic mass is 10.3. The predicted octanol–water partition coefficient (Wildman–Crippen LogP) is 2.33. The van der Waals surface area contributed by atoms with Gasteiger partial charge in [0.25, 0.3) is 0 Å². The summed E-state index contributed by atoms with van der Waals surface area (Å²) in [7, 11) is 0. The van der Waals surface area contributed by atoms with Crippen LogP contribution in [-0.2, 0) is 0 Å². The van der Waals surface area contributed by atoms with Gasteiger partial charge in [0.2, 0.25) is 0 Å². The summed E-state index contributed by atoms with van der Waals surface area (Å²) in [6.07, 6.45) is 3.34. The van der Waals surface area contributed by atoms with Crippen LogP contribution < -0.4 is 0 Å². The maximum atomic E-state index is 8.88. The lowest BCUT2D eigenvalue weighted by molar-refractivity contribution is 1.12. The van der Waals surface area contributed by atoms with Gasteiger partial charge in [-0.1, -0.05) is 6.07 Å². The molecule has 0 radical (unpaired) electrons. The topological polar surface area (TPSA) is 54.0 Å². The Morgan fingerprint density at radius 1 is 1.31 bits per heavy atom. The fourth-order valence-electron chi connectivity index (χ4n) is 1.60. The first kappa shape index (κ1) is 9.07. The molecular weight excluding hydrogens is 220 g/mol. The maximum Gasteiger partial charge on any atom is 0.185 e. The lowest BCUT2D eigenvalue weighted by Crippen LogP contribution is -1.91. The molecule has 0 aromatic carbocycles. The van der Waals surface area contributed by atoms with Gasteiger partial charge in [-0.2, -0.15) is 5.26 Å². The van der Waals surface area contributed by atoms with Gasteiger partial charge >= 0.3 is 0 Å². The Balaban J connectivity index is 2.36. The molecule has 0 fully saturated rings. The molecule has 3 aromatic heterocycles. The van der Waals surface area contributed by atoms with Crippen molar-refractivity contribution < 1.29 is 0 Å². The quantitative estimate of drug-likeness (QED) is 0.640. The van der Waals surface area contributed by atoms with E-state index in [1.807, 2.05) is 34.0 Å². The molecule has 0 unspecified atom stereocenters. The predicted molar refractivity (Wildman–Crippen MR) is 61.0 cm³/mol. The average Bonchev–Trinajstić information content (AvgIpc) is 2.97. The van der Waals surface area contributed by atoms with Crippen molar-refractivity contribution in [2.75, 3.05) is 0 Å². The molecule has 0 amide bonds. The van der Waals surface area contributed by atoms with Crippen molar-refractivity contribution in [2.45, 2.75) is 0 Å². The van der Waals surface area contributed by atoms with Crippen molar-refractivity contribution in [3.8, 4) is 16.6 Å². The number of hydrogen-bond donors (Lipinski definition) is 0. The van der Waals surface area contributed by atoms with Gasteiger partial charge in [-0.25, -0.2) is 9.97 Å². The van der Waals surface area contributed by atoms with Crippen LogP contribution in [-0.4, -0.2) is 14.4 Å². The van der Waals surface area contributed by atoms with E-state index in [2.05, 4.69) is 9.97 Å². The number of rotatable bonds is 1. The van der Waals surface area contributed by atoms with Crippen LogP contribution in [0, 0.1) is 11.3 Å². The van der Waals surface area contributed by atoms with Crippen molar-refractivity contribution >= 4 is 17.0 Å². The van der Waals surface area contributed by atoms with Crippen LogP contribution in [0.1, 0.15) is 5.69 Å². The summed E-state index contributed by atoms with van der Waals surface area (Å²) in [5, 5.41) is 10.9. The van der Waals surface area contributed by atoms with E-state index in [9.17, 15) is 0 Å². The molecule has 4 nitrogen and oxygen atoms in total. The molecule has 0 bridgehead atoms. The summed E-state index contributed by atoms with van der Waals surface area (Å²) in [6, 6.07) is 7.98. The van der Waals surface area contributed by atoms with Gasteiger partial charge in [0, 0.05) is 6.20 Å². The van der Waals surface area contributed by atoms with Gasteiger partial charge in [0.15, 0.2) is 11.3 Å². The molecule has 0 saturated carbocycles. The number of fused-ring (bicyclic) bond motifs is 1. The van der Waals surface area contributed by atoms with E-state index >= 15 is 0 Å². The second-order valence-electron chi connectivity index (χ2n) is 3.21. The third-order valence-corrected chi connectivity index (χ3v) is 3.20.